The van der Waals surface area contributed by atoms with Gasteiger partial charge in [-0.1, -0.05) is 0 Å². The van der Waals surface area contributed by atoms with Crippen LogP contribution in [0.5, 0.6) is 0 Å². The fourth-order valence-electron chi connectivity index (χ4n) is 1.78. The molecule has 0 aromatic heterocycles. The number of carboxylic acid groups (broad SMARTS) is 1. The lowest BCUT2D eigenvalue weighted by Gasteiger charge is -2.12. The van der Waals surface area contributed by atoms with Crippen LogP contribution in [0.15, 0.2) is 24.3 Å². The maximum absolute atomic E-state index is 12.4. The fourth-order valence-corrected chi connectivity index (χ4v) is 1.78. The second-order valence-electron chi connectivity index (χ2n) is 4.97. The van der Waals surface area contributed by atoms with E-state index in [2.05, 4.69) is 10.6 Å². The molecule has 1 aliphatic rings. The molecule has 114 valence electrons. The fraction of sp³-hybridized carbons (Fsp3) is 0.385. The summed E-state index contributed by atoms with van der Waals surface area (Å²) < 4.78 is 37.1. The number of carbonyl (C=O) groups is 2. The zero-order chi connectivity index (χ0) is 15.7. The van der Waals surface area contributed by atoms with Crippen molar-refractivity contribution in [1.29, 1.82) is 0 Å². The van der Waals surface area contributed by atoms with Crippen LogP contribution in [0.25, 0.3) is 0 Å². The Morgan fingerprint density at radius 2 is 1.76 bits per heavy atom. The predicted molar refractivity (Wildman–Crippen MR) is 67.8 cm³/mol. The van der Waals surface area contributed by atoms with Crippen molar-refractivity contribution < 1.29 is 27.9 Å². The number of hydrogen-bond acceptors (Lipinski definition) is 2. The Morgan fingerprint density at radius 3 is 2.19 bits per heavy atom. The highest BCUT2D eigenvalue weighted by molar-refractivity contribution is 5.90. The van der Waals surface area contributed by atoms with Gasteiger partial charge >= 0.3 is 18.2 Å². The first kappa shape index (κ1) is 15.1. The summed E-state index contributed by atoms with van der Waals surface area (Å²) in [7, 11) is 0. The minimum absolute atomic E-state index is 0.00516. The Bertz CT molecular complexity index is 551. The summed E-state index contributed by atoms with van der Waals surface area (Å²) in [5, 5.41) is 13.7. The van der Waals surface area contributed by atoms with Gasteiger partial charge in [-0.15, -0.1) is 0 Å². The number of carbonyl (C=O) groups excluding carboxylic acids is 1. The maximum Gasteiger partial charge on any atom is 0.416 e. The molecule has 2 rings (SSSR count). The average molecular weight is 302 g/mol. The summed E-state index contributed by atoms with van der Waals surface area (Å²) >= 11 is 0. The van der Waals surface area contributed by atoms with E-state index in [4.69, 9.17) is 5.11 Å². The van der Waals surface area contributed by atoms with E-state index in [1.807, 2.05) is 0 Å². The first-order chi connectivity index (χ1) is 9.73. The molecule has 0 saturated heterocycles. The van der Waals surface area contributed by atoms with Crippen LogP contribution in [-0.4, -0.2) is 23.7 Å². The maximum atomic E-state index is 12.4. The van der Waals surface area contributed by atoms with Gasteiger partial charge in [0.05, 0.1) is 11.0 Å². The molecule has 0 bridgehead atoms. The van der Waals surface area contributed by atoms with Crippen LogP contribution < -0.4 is 10.6 Å². The van der Waals surface area contributed by atoms with Gasteiger partial charge in [0.25, 0.3) is 0 Å². The number of hydrogen-bond donors (Lipinski definition) is 3. The van der Waals surface area contributed by atoms with E-state index in [1.165, 1.54) is 0 Å². The molecular formula is C13H13F3N2O3. The number of rotatable bonds is 4. The van der Waals surface area contributed by atoms with Crippen LogP contribution in [0.2, 0.25) is 0 Å². The van der Waals surface area contributed by atoms with Crippen LogP contribution in [0.1, 0.15) is 18.4 Å². The largest absolute Gasteiger partial charge is 0.481 e. The number of aliphatic carboxylic acids is 1. The Balaban J connectivity index is 1.87. The number of nitrogens with one attached hydrogen (secondary N) is 2. The van der Waals surface area contributed by atoms with Crippen molar-refractivity contribution in [3.8, 4) is 0 Å². The molecule has 0 atom stereocenters. The molecule has 0 radical (unpaired) electrons. The van der Waals surface area contributed by atoms with E-state index in [-0.39, 0.29) is 12.2 Å². The van der Waals surface area contributed by atoms with Crippen LogP contribution in [0.4, 0.5) is 23.7 Å². The zero-order valence-corrected chi connectivity index (χ0v) is 10.8. The van der Waals surface area contributed by atoms with Crippen LogP contribution in [0.3, 0.4) is 0 Å². The molecule has 1 aromatic rings. The molecule has 21 heavy (non-hydrogen) atoms. The quantitative estimate of drug-likeness (QED) is 0.800. The molecule has 0 spiro atoms. The van der Waals surface area contributed by atoms with E-state index in [9.17, 15) is 22.8 Å². The average Bonchev–Trinajstić information content (AvgIpc) is 3.17. The van der Waals surface area contributed by atoms with Crippen LogP contribution >= 0.6 is 0 Å². The Morgan fingerprint density at radius 1 is 1.19 bits per heavy atom. The smallest absolute Gasteiger partial charge is 0.416 e. The highest BCUT2D eigenvalue weighted by Gasteiger charge is 2.50. The lowest BCUT2D eigenvalue weighted by Crippen LogP contribution is -2.36. The van der Waals surface area contributed by atoms with Crippen molar-refractivity contribution in [2.24, 2.45) is 5.41 Å². The molecule has 0 unspecified atom stereocenters. The molecule has 5 nitrogen and oxygen atoms in total. The van der Waals surface area contributed by atoms with Crippen molar-refractivity contribution in [1.82, 2.24) is 5.32 Å². The van der Waals surface area contributed by atoms with E-state index in [0.29, 0.717) is 12.8 Å². The lowest BCUT2D eigenvalue weighted by molar-refractivity contribution is -0.143. The third kappa shape index (κ3) is 3.65. The highest BCUT2D eigenvalue weighted by Crippen LogP contribution is 2.45. The molecule has 8 heteroatoms. The van der Waals surface area contributed by atoms with E-state index < -0.39 is 29.2 Å². The second-order valence-corrected chi connectivity index (χ2v) is 4.97. The summed E-state index contributed by atoms with van der Waals surface area (Å²) in [6.45, 7) is -0.00516. The summed E-state index contributed by atoms with van der Waals surface area (Å²) in [6.07, 6.45) is -3.42. The van der Waals surface area contributed by atoms with Gasteiger partial charge in [-0.3, -0.25) is 4.79 Å². The van der Waals surface area contributed by atoms with Crippen LogP contribution in [-0.2, 0) is 11.0 Å². The molecule has 1 aliphatic carbocycles. The normalized spacial score (nSPS) is 16.1. The molecule has 3 N–H and O–H groups in total. The van der Waals surface area contributed by atoms with Crippen molar-refractivity contribution in [3.05, 3.63) is 29.8 Å². The number of benzene rings is 1. The van der Waals surface area contributed by atoms with Crippen LogP contribution in [0, 0.1) is 5.41 Å². The molecule has 1 fully saturated rings. The first-order valence-electron chi connectivity index (χ1n) is 6.18. The summed E-state index contributed by atoms with van der Waals surface area (Å²) in [5.41, 5.74) is -1.51. The molecular weight excluding hydrogens is 289 g/mol. The van der Waals surface area contributed by atoms with Crippen molar-refractivity contribution in [2.45, 2.75) is 19.0 Å². The van der Waals surface area contributed by atoms with Gasteiger partial charge < -0.3 is 15.7 Å². The van der Waals surface area contributed by atoms with E-state index in [1.54, 1.807) is 0 Å². The molecule has 1 aromatic carbocycles. The Hall–Kier alpha value is -2.25. The first-order valence-corrected chi connectivity index (χ1v) is 6.18. The van der Waals surface area contributed by atoms with Gasteiger partial charge in [0.2, 0.25) is 0 Å². The number of anilines is 1. The van der Waals surface area contributed by atoms with Gasteiger partial charge in [0.15, 0.2) is 0 Å². The number of halogens is 3. The Kier molecular flexibility index (Phi) is 3.80. The topological polar surface area (TPSA) is 78.4 Å². The van der Waals surface area contributed by atoms with Gasteiger partial charge in [0.1, 0.15) is 0 Å². The highest BCUT2D eigenvalue weighted by atomic mass is 19.4. The Labute approximate surface area is 118 Å². The van der Waals surface area contributed by atoms with Gasteiger partial charge in [-0.2, -0.15) is 13.2 Å². The van der Waals surface area contributed by atoms with Gasteiger partial charge in [-0.25, -0.2) is 4.79 Å². The van der Waals surface area contributed by atoms with Crippen molar-refractivity contribution in [2.75, 3.05) is 11.9 Å². The number of carboxylic acids is 1. The number of alkyl halides is 3. The summed E-state index contributed by atoms with van der Waals surface area (Å²) in [5.74, 6) is -0.961. The molecule has 0 heterocycles. The molecule has 1 saturated carbocycles. The zero-order valence-electron chi connectivity index (χ0n) is 10.8. The van der Waals surface area contributed by atoms with E-state index >= 15 is 0 Å². The molecule has 0 aliphatic heterocycles. The van der Waals surface area contributed by atoms with Gasteiger partial charge in [0, 0.05) is 12.2 Å². The number of urea groups is 1. The van der Waals surface area contributed by atoms with Gasteiger partial charge in [-0.05, 0) is 37.1 Å². The monoisotopic (exact) mass is 302 g/mol. The van der Waals surface area contributed by atoms with Crippen molar-refractivity contribution in [3.63, 3.8) is 0 Å². The molecule has 2 amide bonds. The van der Waals surface area contributed by atoms with Crippen molar-refractivity contribution >= 4 is 17.7 Å². The lowest BCUT2D eigenvalue weighted by atomic mass is 10.1. The minimum Gasteiger partial charge on any atom is -0.481 e. The van der Waals surface area contributed by atoms with E-state index in [0.717, 1.165) is 24.3 Å². The summed E-state index contributed by atoms with van der Waals surface area (Å²) in [6, 6.07) is 3.33. The minimum atomic E-state index is -4.43. The third-order valence-corrected chi connectivity index (χ3v) is 3.36. The standard InChI is InChI=1S/C13H13F3N2O3/c14-13(15,16)8-1-3-9(4-2-8)18-11(21)17-7-12(5-6-12)10(19)20/h1-4H,5-7H2,(H,19,20)(H2,17,18,21). The third-order valence-electron chi connectivity index (χ3n) is 3.36. The predicted octanol–water partition coefficient (Wildman–Crippen LogP) is 2.69. The number of amides is 2. The summed E-state index contributed by atoms with van der Waals surface area (Å²) in [4.78, 5) is 22.5. The SMILES string of the molecule is O=C(NCC1(C(=O)O)CC1)Nc1ccc(C(F)(F)F)cc1. The second kappa shape index (κ2) is 5.27.